The number of nitrogens with one attached hydrogen (secondary N) is 1. The Kier molecular flexibility index (Phi) is 1.87. The van der Waals surface area contributed by atoms with Crippen molar-refractivity contribution in [3.05, 3.63) is 0 Å². The Hall–Kier alpha value is -0.900. The van der Waals surface area contributed by atoms with Gasteiger partial charge in [0.2, 0.25) is 11.8 Å². The molecule has 2 amide bonds. The van der Waals surface area contributed by atoms with Crippen LogP contribution in [0.15, 0.2) is 0 Å². The van der Waals surface area contributed by atoms with Crippen LogP contribution >= 0.6 is 0 Å². The SMILES string of the molecule is CN1CCC[C@]2(CC(=O)NC2=O)C1. The molecule has 0 unspecified atom stereocenters. The third kappa shape index (κ3) is 1.35. The van der Waals surface area contributed by atoms with Crippen molar-refractivity contribution in [2.45, 2.75) is 19.3 Å². The van der Waals surface area contributed by atoms with Crippen molar-refractivity contribution >= 4 is 11.8 Å². The third-order valence-electron chi connectivity index (χ3n) is 3.00. The highest BCUT2D eigenvalue weighted by molar-refractivity contribution is 6.06. The maximum absolute atomic E-state index is 11.5. The zero-order valence-corrected chi connectivity index (χ0v) is 7.80. The van der Waals surface area contributed by atoms with Crippen molar-refractivity contribution in [2.24, 2.45) is 5.41 Å². The third-order valence-corrected chi connectivity index (χ3v) is 3.00. The minimum atomic E-state index is -0.399. The molecule has 2 aliphatic rings. The molecule has 4 heteroatoms. The van der Waals surface area contributed by atoms with Gasteiger partial charge < -0.3 is 4.90 Å². The van der Waals surface area contributed by atoms with Crippen molar-refractivity contribution in [3.8, 4) is 0 Å². The molecular weight excluding hydrogens is 168 g/mol. The second kappa shape index (κ2) is 2.80. The molecule has 0 bridgehead atoms. The van der Waals surface area contributed by atoms with E-state index in [2.05, 4.69) is 10.2 Å². The van der Waals surface area contributed by atoms with Gasteiger partial charge in [-0.05, 0) is 26.4 Å². The lowest BCUT2D eigenvalue weighted by Gasteiger charge is -2.35. The number of hydrogen-bond donors (Lipinski definition) is 1. The summed E-state index contributed by atoms with van der Waals surface area (Å²) in [6.45, 7) is 1.76. The number of imide groups is 1. The highest BCUT2D eigenvalue weighted by atomic mass is 16.2. The first-order valence-corrected chi connectivity index (χ1v) is 4.65. The van der Waals surface area contributed by atoms with Gasteiger partial charge in [0.1, 0.15) is 0 Å². The summed E-state index contributed by atoms with van der Waals surface area (Å²) in [4.78, 5) is 24.8. The summed E-state index contributed by atoms with van der Waals surface area (Å²) >= 11 is 0. The lowest BCUT2D eigenvalue weighted by molar-refractivity contribution is -0.130. The van der Waals surface area contributed by atoms with Gasteiger partial charge in [-0.1, -0.05) is 0 Å². The van der Waals surface area contributed by atoms with Crippen molar-refractivity contribution in [3.63, 3.8) is 0 Å². The number of carbonyl (C=O) groups excluding carboxylic acids is 2. The molecule has 2 saturated heterocycles. The normalized spacial score (nSPS) is 35.5. The van der Waals surface area contributed by atoms with Crippen LogP contribution < -0.4 is 5.32 Å². The Morgan fingerprint density at radius 3 is 2.77 bits per heavy atom. The fourth-order valence-corrected chi connectivity index (χ4v) is 2.38. The molecule has 0 aromatic rings. The first-order chi connectivity index (χ1) is 6.12. The van der Waals surface area contributed by atoms with Gasteiger partial charge >= 0.3 is 0 Å². The molecule has 4 nitrogen and oxygen atoms in total. The molecule has 2 rings (SSSR count). The maximum atomic E-state index is 11.5. The highest BCUT2D eigenvalue weighted by Crippen LogP contribution is 2.36. The predicted molar refractivity (Wildman–Crippen MR) is 46.9 cm³/mol. The number of hydrogen-bond acceptors (Lipinski definition) is 3. The van der Waals surface area contributed by atoms with Crippen LogP contribution in [0.1, 0.15) is 19.3 Å². The quantitative estimate of drug-likeness (QED) is 0.525. The largest absolute Gasteiger partial charge is 0.305 e. The number of rotatable bonds is 0. The summed E-state index contributed by atoms with van der Waals surface area (Å²) in [7, 11) is 2.00. The fourth-order valence-electron chi connectivity index (χ4n) is 2.38. The first-order valence-electron chi connectivity index (χ1n) is 4.65. The highest BCUT2D eigenvalue weighted by Gasteiger charge is 2.48. The van der Waals surface area contributed by atoms with E-state index in [1.165, 1.54) is 0 Å². The average molecular weight is 182 g/mol. The molecule has 2 aliphatic heterocycles. The molecule has 0 aliphatic carbocycles. The molecule has 0 aromatic heterocycles. The van der Waals surface area contributed by atoms with E-state index < -0.39 is 5.41 Å². The van der Waals surface area contributed by atoms with Crippen LogP contribution in [0, 0.1) is 5.41 Å². The Labute approximate surface area is 77.3 Å². The summed E-state index contributed by atoms with van der Waals surface area (Å²) in [5.41, 5.74) is -0.399. The van der Waals surface area contributed by atoms with Crippen molar-refractivity contribution in [1.29, 1.82) is 0 Å². The molecule has 0 aromatic carbocycles. The van der Waals surface area contributed by atoms with Gasteiger partial charge in [-0.25, -0.2) is 0 Å². The lowest BCUT2D eigenvalue weighted by atomic mass is 9.78. The van der Waals surface area contributed by atoms with Crippen molar-refractivity contribution in [1.82, 2.24) is 10.2 Å². The molecule has 2 heterocycles. The van der Waals surface area contributed by atoms with Crippen molar-refractivity contribution < 1.29 is 9.59 Å². The van der Waals surface area contributed by atoms with Crippen LogP contribution in [0.5, 0.6) is 0 Å². The lowest BCUT2D eigenvalue weighted by Crippen LogP contribution is -2.45. The summed E-state index contributed by atoms with van der Waals surface area (Å²) in [5, 5.41) is 2.39. The number of piperidine rings is 1. The molecule has 72 valence electrons. The molecule has 1 spiro atoms. The van der Waals surface area contributed by atoms with Crippen LogP contribution in [-0.2, 0) is 9.59 Å². The Morgan fingerprint density at radius 2 is 2.23 bits per heavy atom. The number of amides is 2. The van der Waals surface area contributed by atoms with Crippen LogP contribution in [0.25, 0.3) is 0 Å². The van der Waals surface area contributed by atoms with Crippen LogP contribution in [0.3, 0.4) is 0 Å². The zero-order chi connectivity index (χ0) is 9.47. The Balaban J connectivity index is 2.19. The van der Waals surface area contributed by atoms with E-state index >= 15 is 0 Å². The van der Waals surface area contributed by atoms with Crippen molar-refractivity contribution in [2.75, 3.05) is 20.1 Å². The minimum absolute atomic E-state index is 0.0657. The van der Waals surface area contributed by atoms with E-state index in [1.807, 2.05) is 7.05 Å². The number of likely N-dealkylation sites (tertiary alicyclic amines) is 1. The first kappa shape index (κ1) is 8.69. The molecule has 1 atom stereocenters. The Bertz CT molecular complexity index is 264. The Morgan fingerprint density at radius 1 is 1.46 bits per heavy atom. The summed E-state index contributed by atoms with van der Waals surface area (Å²) in [5.74, 6) is -0.177. The second-order valence-electron chi connectivity index (χ2n) is 4.18. The molecule has 2 fully saturated rings. The average Bonchev–Trinajstić information content (AvgIpc) is 2.26. The summed E-state index contributed by atoms with van der Waals surface area (Å²) < 4.78 is 0. The van der Waals surface area contributed by atoms with E-state index in [1.54, 1.807) is 0 Å². The molecule has 13 heavy (non-hydrogen) atoms. The predicted octanol–water partition coefficient (Wildman–Crippen LogP) is -0.255. The van der Waals surface area contributed by atoms with Crippen LogP contribution in [0.2, 0.25) is 0 Å². The topological polar surface area (TPSA) is 49.4 Å². The monoisotopic (exact) mass is 182 g/mol. The van der Waals surface area contributed by atoms with Gasteiger partial charge in [-0.15, -0.1) is 0 Å². The smallest absolute Gasteiger partial charge is 0.234 e. The van der Waals surface area contributed by atoms with Gasteiger partial charge in [0.05, 0.1) is 5.41 Å². The van der Waals surface area contributed by atoms with Gasteiger partial charge in [-0.2, -0.15) is 0 Å². The standard InChI is InChI=1S/C9H14N2O2/c1-11-4-2-3-9(6-11)5-7(12)10-8(9)13/h2-6H2,1H3,(H,10,12,13)/t9-/m0/s1. The van der Waals surface area contributed by atoms with Gasteiger partial charge in [0, 0.05) is 13.0 Å². The van der Waals surface area contributed by atoms with E-state index in [0.717, 1.165) is 25.9 Å². The van der Waals surface area contributed by atoms with E-state index in [4.69, 9.17) is 0 Å². The zero-order valence-electron chi connectivity index (χ0n) is 7.80. The van der Waals surface area contributed by atoms with Crippen LogP contribution in [-0.4, -0.2) is 36.9 Å². The second-order valence-corrected chi connectivity index (χ2v) is 4.18. The molecule has 0 saturated carbocycles. The molecule has 1 N–H and O–H groups in total. The number of nitrogens with zero attached hydrogens (tertiary/aromatic N) is 1. The van der Waals surface area contributed by atoms with E-state index in [0.29, 0.717) is 6.42 Å². The minimum Gasteiger partial charge on any atom is -0.305 e. The van der Waals surface area contributed by atoms with Gasteiger partial charge in [0.25, 0.3) is 0 Å². The molecular formula is C9H14N2O2. The van der Waals surface area contributed by atoms with Crippen LogP contribution in [0.4, 0.5) is 0 Å². The molecule has 0 radical (unpaired) electrons. The van der Waals surface area contributed by atoms with Gasteiger partial charge in [-0.3, -0.25) is 14.9 Å². The summed E-state index contributed by atoms with van der Waals surface area (Å²) in [6.07, 6.45) is 2.25. The van der Waals surface area contributed by atoms with E-state index in [9.17, 15) is 9.59 Å². The summed E-state index contributed by atoms with van der Waals surface area (Å²) in [6, 6.07) is 0. The van der Waals surface area contributed by atoms with E-state index in [-0.39, 0.29) is 11.8 Å². The number of carbonyl (C=O) groups is 2. The van der Waals surface area contributed by atoms with Gasteiger partial charge in [0.15, 0.2) is 0 Å². The fraction of sp³-hybridized carbons (Fsp3) is 0.778. The maximum Gasteiger partial charge on any atom is 0.234 e.